The molecule has 2 heterocycles. The van der Waals surface area contributed by atoms with Gasteiger partial charge < -0.3 is 4.74 Å². The lowest BCUT2D eigenvalue weighted by Crippen LogP contribution is -2.13. The number of rotatable bonds is 3. The second-order valence-corrected chi connectivity index (χ2v) is 7.07. The van der Waals surface area contributed by atoms with E-state index in [0.29, 0.717) is 21.6 Å². The molecular weight excluding hydrogens is 379 g/mol. The van der Waals surface area contributed by atoms with Crippen LogP contribution in [-0.4, -0.2) is 33.4 Å². The van der Waals surface area contributed by atoms with E-state index in [1.54, 1.807) is 29.6 Å². The number of nitrogens with zero attached hydrogens (tertiary/aromatic N) is 4. The van der Waals surface area contributed by atoms with Crippen LogP contribution in [0.25, 0.3) is 11.4 Å². The summed E-state index contributed by atoms with van der Waals surface area (Å²) < 4.78 is 7.04. The number of fused-ring (bicyclic) bond motifs is 1. The highest BCUT2D eigenvalue weighted by atomic mass is 35.5. The monoisotopic (exact) mass is 390 g/mol. The summed E-state index contributed by atoms with van der Waals surface area (Å²) in [4.78, 5) is 0. The molecular formula is C17H12Cl2N4OS. The second kappa shape index (κ2) is 6.71. The summed E-state index contributed by atoms with van der Waals surface area (Å²) in [6, 6.07) is 13.2. The molecule has 0 atom stereocenters. The number of halogens is 2. The van der Waals surface area contributed by atoms with Crippen LogP contribution in [0.5, 0.6) is 5.75 Å². The van der Waals surface area contributed by atoms with Crippen molar-refractivity contribution in [1.82, 2.24) is 14.9 Å². The molecule has 0 spiro atoms. The van der Waals surface area contributed by atoms with E-state index < -0.39 is 0 Å². The minimum Gasteiger partial charge on any atom is -0.497 e. The molecule has 0 radical (unpaired) electrons. The topological polar surface area (TPSA) is 52.3 Å². The highest BCUT2D eigenvalue weighted by Crippen LogP contribution is 2.31. The van der Waals surface area contributed by atoms with Gasteiger partial charge in [0.15, 0.2) is 5.82 Å². The predicted octanol–water partition coefficient (Wildman–Crippen LogP) is 4.62. The van der Waals surface area contributed by atoms with Gasteiger partial charge in [-0.15, -0.1) is 10.2 Å². The molecule has 0 unspecified atom stereocenters. The van der Waals surface area contributed by atoms with Crippen molar-refractivity contribution >= 4 is 40.7 Å². The first kappa shape index (κ1) is 16.4. The maximum Gasteiger partial charge on any atom is 0.212 e. The Bertz CT molecular complexity index is 987. The highest BCUT2D eigenvalue weighted by molar-refractivity contribution is 7.99. The lowest BCUT2D eigenvalue weighted by Gasteiger charge is -2.14. The third-order valence-corrected chi connectivity index (χ3v) is 5.42. The number of benzene rings is 2. The zero-order valence-corrected chi connectivity index (χ0v) is 15.4. The quantitative estimate of drug-likeness (QED) is 0.654. The maximum absolute atomic E-state index is 6.13. The predicted molar refractivity (Wildman–Crippen MR) is 101 cm³/mol. The molecule has 0 saturated heterocycles. The summed E-state index contributed by atoms with van der Waals surface area (Å²) in [5.74, 6) is 2.11. The molecule has 0 N–H and O–H groups in total. The normalized spacial score (nSPS) is 13.3. The van der Waals surface area contributed by atoms with Crippen LogP contribution in [-0.2, 0) is 0 Å². The molecule has 8 heteroatoms. The lowest BCUT2D eigenvalue weighted by atomic mass is 10.1. The Morgan fingerprint density at radius 3 is 2.72 bits per heavy atom. The van der Waals surface area contributed by atoms with Gasteiger partial charge >= 0.3 is 0 Å². The maximum atomic E-state index is 6.13. The lowest BCUT2D eigenvalue weighted by molar-refractivity contribution is 0.415. The smallest absolute Gasteiger partial charge is 0.212 e. The summed E-state index contributed by atoms with van der Waals surface area (Å²) in [5.41, 5.74) is 2.70. The van der Waals surface area contributed by atoms with Crippen molar-refractivity contribution in [2.75, 3.05) is 12.9 Å². The van der Waals surface area contributed by atoms with Gasteiger partial charge in [0.05, 0.1) is 22.9 Å². The molecule has 25 heavy (non-hydrogen) atoms. The van der Waals surface area contributed by atoms with E-state index in [2.05, 4.69) is 10.2 Å². The Kier molecular flexibility index (Phi) is 4.41. The molecule has 0 aliphatic carbocycles. The molecule has 3 aromatic rings. The van der Waals surface area contributed by atoms with Crippen LogP contribution in [0, 0.1) is 0 Å². The van der Waals surface area contributed by atoms with Gasteiger partial charge in [0.1, 0.15) is 5.75 Å². The average molecular weight is 391 g/mol. The number of aromatic nitrogens is 3. The van der Waals surface area contributed by atoms with Crippen LogP contribution in [0.4, 0.5) is 0 Å². The van der Waals surface area contributed by atoms with Gasteiger partial charge in [0.2, 0.25) is 5.16 Å². The van der Waals surface area contributed by atoms with Crippen LogP contribution >= 0.6 is 35.0 Å². The third kappa shape index (κ3) is 3.13. The fraction of sp³-hybridized carbons (Fsp3) is 0.118. The van der Waals surface area contributed by atoms with Gasteiger partial charge in [0, 0.05) is 16.9 Å². The zero-order chi connectivity index (χ0) is 17.4. The zero-order valence-electron chi connectivity index (χ0n) is 13.1. The first-order valence-corrected chi connectivity index (χ1v) is 9.16. The van der Waals surface area contributed by atoms with Crippen LogP contribution < -0.4 is 4.74 Å². The molecule has 0 amide bonds. The highest BCUT2D eigenvalue weighted by Gasteiger charge is 2.21. The molecule has 0 fully saturated rings. The Labute approximate surface area is 158 Å². The van der Waals surface area contributed by atoms with Gasteiger partial charge in [-0.2, -0.15) is 9.78 Å². The Balaban J connectivity index is 1.78. The number of thioether (sulfide) groups is 1. The molecule has 0 saturated carbocycles. The van der Waals surface area contributed by atoms with Crippen molar-refractivity contribution in [1.29, 1.82) is 0 Å². The molecule has 5 nitrogen and oxygen atoms in total. The first-order valence-electron chi connectivity index (χ1n) is 7.41. The SMILES string of the molecule is COc1cccc(-c2nnc3n2N=C(c2ccc(Cl)c(Cl)c2)CS3)c1. The van der Waals surface area contributed by atoms with Crippen LogP contribution in [0.15, 0.2) is 52.7 Å². The summed E-state index contributed by atoms with van der Waals surface area (Å²) in [6.07, 6.45) is 0. The van der Waals surface area contributed by atoms with Crippen molar-refractivity contribution < 1.29 is 4.74 Å². The standard InChI is InChI=1S/C17H12Cl2N4OS/c1-24-12-4-2-3-11(7-12)16-20-21-17-23(16)22-15(9-25-17)10-5-6-13(18)14(19)8-10/h2-8H,9H2,1H3. The molecule has 1 aliphatic heterocycles. The number of methoxy groups -OCH3 is 1. The van der Waals surface area contributed by atoms with Crippen molar-refractivity contribution in [2.45, 2.75) is 5.16 Å². The largest absolute Gasteiger partial charge is 0.497 e. The van der Waals surface area contributed by atoms with E-state index in [9.17, 15) is 0 Å². The summed E-state index contributed by atoms with van der Waals surface area (Å²) in [5, 5.41) is 15.0. The first-order chi connectivity index (χ1) is 12.2. The van der Waals surface area contributed by atoms with E-state index in [4.69, 9.17) is 33.0 Å². The average Bonchev–Trinajstić information content (AvgIpc) is 3.07. The minimum absolute atomic E-state index is 0.509. The van der Waals surface area contributed by atoms with Crippen LogP contribution in [0.3, 0.4) is 0 Å². The Morgan fingerprint density at radius 1 is 1.04 bits per heavy atom. The third-order valence-electron chi connectivity index (χ3n) is 3.75. The van der Waals surface area contributed by atoms with E-state index in [0.717, 1.165) is 27.7 Å². The molecule has 126 valence electrons. The van der Waals surface area contributed by atoms with Crippen molar-refractivity contribution in [2.24, 2.45) is 5.10 Å². The number of hydrogen-bond acceptors (Lipinski definition) is 5. The second-order valence-electron chi connectivity index (χ2n) is 5.31. The Morgan fingerprint density at radius 2 is 1.92 bits per heavy atom. The summed E-state index contributed by atoms with van der Waals surface area (Å²) in [7, 11) is 1.63. The van der Waals surface area contributed by atoms with Crippen molar-refractivity contribution in [3.05, 3.63) is 58.1 Å². The van der Waals surface area contributed by atoms with Gasteiger partial charge in [-0.25, -0.2) is 0 Å². The fourth-order valence-electron chi connectivity index (χ4n) is 2.49. The number of hydrogen-bond donors (Lipinski definition) is 0. The Hall–Kier alpha value is -2.02. The molecule has 2 aromatic carbocycles. The number of ether oxygens (including phenoxy) is 1. The van der Waals surface area contributed by atoms with Gasteiger partial charge in [-0.3, -0.25) is 0 Å². The van der Waals surface area contributed by atoms with Crippen LogP contribution in [0.2, 0.25) is 10.0 Å². The van der Waals surface area contributed by atoms with E-state index in [-0.39, 0.29) is 0 Å². The van der Waals surface area contributed by atoms with Gasteiger partial charge in [-0.1, -0.05) is 53.2 Å². The van der Waals surface area contributed by atoms with E-state index >= 15 is 0 Å². The van der Waals surface area contributed by atoms with Crippen LogP contribution in [0.1, 0.15) is 5.56 Å². The molecule has 1 aliphatic rings. The van der Waals surface area contributed by atoms with Gasteiger partial charge in [-0.05, 0) is 24.3 Å². The van der Waals surface area contributed by atoms with Gasteiger partial charge in [0.25, 0.3) is 0 Å². The molecule has 0 bridgehead atoms. The van der Waals surface area contributed by atoms with E-state index in [1.807, 2.05) is 36.4 Å². The summed E-state index contributed by atoms with van der Waals surface area (Å²) >= 11 is 13.7. The van der Waals surface area contributed by atoms with E-state index in [1.165, 1.54) is 0 Å². The van der Waals surface area contributed by atoms with Crippen molar-refractivity contribution in [3.63, 3.8) is 0 Å². The molecule has 1 aromatic heterocycles. The summed E-state index contributed by atoms with van der Waals surface area (Å²) in [6.45, 7) is 0. The van der Waals surface area contributed by atoms with Crippen molar-refractivity contribution in [3.8, 4) is 17.1 Å². The molecule has 4 rings (SSSR count). The minimum atomic E-state index is 0.509. The fourth-order valence-corrected chi connectivity index (χ4v) is 3.62.